The lowest BCUT2D eigenvalue weighted by Gasteiger charge is -2.32. The smallest absolute Gasteiger partial charge is 0.137 e. The van der Waals surface area contributed by atoms with Crippen LogP contribution in [0.1, 0.15) is 31.4 Å². The molecule has 3 heteroatoms. The minimum absolute atomic E-state index is 0.166. The van der Waals surface area contributed by atoms with Crippen molar-refractivity contribution in [1.29, 1.82) is 0 Å². The number of hydrogen-bond donors (Lipinski definition) is 0. The van der Waals surface area contributed by atoms with Crippen molar-refractivity contribution in [3.05, 3.63) is 34.5 Å². The minimum Gasteiger partial charge on any atom is -0.461 e. The normalized spacial score (nSPS) is 24.0. The summed E-state index contributed by atoms with van der Waals surface area (Å²) in [4.78, 5) is 11.5. The van der Waals surface area contributed by atoms with Crippen LogP contribution in [-0.4, -0.2) is 5.78 Å². The second-order valence-electron chi connectivity index (χ2n) is 4.62. The molecule has 0 amide bonds. The molecule has 0 aliphatic heterocycles. The number of carbonyl (C=O) groups excluding carboxylic acids is 1. The van der Waals surface area contributed by atoms with Crippen molar-refractivity contribution in [2.45, 2.75) is 25.7 Å². The van der Waals surface area contributed by atoms with Gasteiger partial charge < -0.3 is 4.42 Å². The highest BCUT2D eigenvalue weighted by molar-refractivity contribution is 9.10. The molecule has 1 fully saturated rings. The Morgan fingerprint density at radius 2 is 2.24 bits per heavy atom. The third-order valence-electron chi connectivity index (χ3n) is 3.62. The SMILES string of the molecule is CCC1C(=O)CC1c1cc2cc(Br)ccc2o1. The van der Waals surface area contributed by atoms with E-state index in [0.29, 0.717) is 18.1 Å². The van der Waals surface area contributed by atoms with Crippen LogP contribution in [0.4, 0.5) is 0 Å². The highest BCUT2D eigenvalue weighted by Crippen LogP contribution is 2.43. The summed E-state index contributed by atoms with van der Waals surface area (Å²) in [5.41, 5.74) is 0.900. The molecule has 0 bridgehead atoms. The number of ketones is 1. The van der Waals surface area contributed by atoms with Crippen LogP contribution >= 0.6 is 15.9 Å². The molecule has 88 valence electrons. The van der Waals surface area contributed by atoms with Gasteiger partial charge in [0, 0.05) is 28.1 Å². The molecular formula is C14H13BrO2. The monoisotopic (exact) mass is 292 g/mol. The molecule has 0 saturated heterocycles. The summed E-state index contributed by atoms with van der Waals surface area (Å²) in [7, 11) is 0. The summed E-state index contributed by atoms with van der Waals surface area (Å²) in [6.45, 7) is 2.06. The number of carbonyl (C=O) groups is 1. The fourth-order valence-electron chi connectivity index (χ4n) is 2.60. The molecule has 0 radical (unpaired) electrons. The van der Waals surface area contributed by atoms with Crippen molar-refractivity contribution in [2.24, 2.45) is 5.92 Å². The van der Waals surface area contributed by atoms with Crippen LogP contribution in [0.3, 0.4) is 0 Å². The number of fused-ring (bicyclic) bond motifs is 1. The molecule has 1 aromatic heterocycles. The van der Waals surface area contributed by atoms with Crippen LogP contribution in [0.15, 0.2) is 33.2 Å². The maximum Gasteiger partial charge on any atom is 0.137 e. The molecule has 0 N–H and O–H groups in total. The van der Waals surface area contributed by atoms with Gasteiger partial charge in [-0.15, -0.1) is 0 Å². The molecule has 17 heavy (non-hydrogen) atoms. The predicted molar refractivity (Wildman–Crippen MR) is 70.1 cm³/mol. The van der Waals surface area contributed by atoms with Crippen molar-refractivity contribution >= 4 is 32.7 Å². The third kappa shape index (κ3) is 1.73. The molecule has 3 rings (SSSR count). The molecule has 1 aliphatic rings. The molecule has 2 aromatic rings. The minimum atomic E-state index is 0.166. The summed E-state index contributed by atoms with van der Waals surface area (Å²) in [5.74, 6) is 1.79. The van der Waals surface area contributed by atoms with Gasteiger partial charge in [-0.1, -0.05) is 22.9 Å². The van der Waals surface area contributed by atoms with Crippen molar-refractivity contribution in [3.8, 4) is 0 Å². The Labute approximate surface area is 108 Å². The van der Waals surface area contributed by atoms with E-state index in [0.717, 1.165) is 27.6 Å². The Kier molecular flexibility index (Phi) is 2.58. The quantitative estimate of drug-likeness (QED) is 0.827. The Hall–Kier alpha value is -1.09. The fraction of sp³-hybridized carbons (Fsp3) is 0.357. The van der Waals surface area contributed by atoms with Gasteiger partial charge in [-0.25, -0.2) is 0 Å². The van der Waals surface area contributed by atoms with Gasteiger partial charge in [0.05, 0.1) is 0 Å². The van der Waals surface area contributed by atoms with Gasteiger partial charge >= 0.3 is 0 Å². The Bertz CT molecular complexity index is 585. The van der Waals surface area contributed by atoms with Gasteiger partial charge in [-0.05, 0) is 30.7 Å². The highest BCUT2D eigenvalue weighted by Gasteiger charge is 2.41. The van der Waals surface area contributed by atoms with Gasteiger partial charge in [0.15, 0.2) is 0 Å². The number of Topliss-reactive ketones (excluding diaryl/α,β-unsaturated/α-hetero) is 1. The van der Waals surface area contributed by atoms with E-state index in [-0.39, 0.29) is 5.92 Å². The molecule has 1 saturated carbocycles. The zero-order valence-corrected chi connectivity index (χ0v) is 11.2. The molecule has 1 heterocycles. The maximum atomic E-state index is 11.5. The van der Waals surface area contributed by atoms with Crippen LogP contribution in [0.5, 0.6) is 0 Å². The number of benzene rings is 1. The van der Waals surface area contributed by atoms with Gasteiger partial charge in [0.2, 0.25) is 0 Å². The van der Waals surface area contributed by atoms with E-state index in [2.05, 4.69) is 28.9 Å². The molecule has 2 atom stereocenters. The first-order valence-corrected chi connectivity index (χ1v) is 6.70. The van der Waals surface area contributed by atoms with Crippen molar-refractivity contribution in [1.82, 2.24) is 0 Å². The molecular weight excluding hydrogens is 280 g/mol. The molecule has 2 unspecified atom stereocenters. The Morgan fingerprint density at radius 1 is 1.41 bits per heavy atom. The van der Waals surface area contributed by atoms with E-state index in [1.807, 2.05) is 18.2 Å². The summed E-state index contributed by atoms with van der Waals surface area (Å²) < 4.78 is 6.88. The second kappa shape index (κ2) is 3.98. The van der Waals surface area contributed by atoms with Crippen molar-refractivity contribution in [2.75, 3.05) is 0 Å². The summed E-state index contributed by atoms with van der Waals surface area (Å²) in [6.07, 6.45) is 1.55. The van der Waals surface area contributed by atoms with E-state index in [4.69, 9.17) is 4.42 Å². The van der Waals surface area contributed by atoms with E-state index < -0.39 is 0 Å². The average molecular weight is 293 g/mol. The predicted octanol–water partition coefficient (Wildman–Crippen LogP) is 4.28. The highest BCUT2D eigenvalue weighted by atomic mass is 79.9. The Balaban J connectivity index is 1.99. The number of furan rings is 1. The second-order valence-corrected chi connectivity index (χ2v) is 5.54. The number of halogens is 1. The standard InChI is InChI=1S/C14H13BrO2/c1-2-10-11(7-12(10)16)14-6-8-5-9(15)3-4-13(8)17-14/h3-6,10-11H,2,7H2,1H3. The lowest BCUT2D eigenvalue weighted by Crippen LogP contribution is -2.34. The van der Waals surface area contributed by atoms with Crippen molar-refractivity contribution < 1.29 is 9.21 Å². The topological polar surface area (TPSA) is 30.2 Å². The van der Waals surface area contributed by atoms with Crippen LogP contribution < -0.4 is 0 Å². The summed E-state index contributed by atoms with van der Waals surface area (Å²) in [5, 5.41) is 1.10. The fourth-order valence-corrected chi connectivity index (χ4v) is 2.98. The Morgan fingerprint density at radius 3 is 2.94 bits per heavy atom. The van der Waals surface area contributed by atoms with E-state index >= 15 is 0 Å². The van der Waals surface area contributed by atoms with Gasteiger partial charge in [0.25, 0.3) is 0 Å². The molecule has 1 aromatic carbocycles. The van der Waals surface area contributed by atoms with Gasteiger partial charge in [-0.3, -0.25) is 4.79 Å². The van der Waals surface area contributed by atoms with Crippen LogP contribution in [0.2, 0.25) is 0 Å². The summed E-state index contributed by atoms with van der Waals surface area (Å²) >= 11 is 3.45. The molecule has 1 aliphatic carbocycles. The zero-order valence-electron chi connectivity index (χ0n) is 9.57. The van der Waals surface area contributed by atoms with Crippen LogP contribution in [-0.2, 0) is 4.79 Å². The number of hydrogen-bond acceptors (Lipinski definition) is 2. The lowest BCUT2D eigenvalue weighted by molar-refractivity contribution is -0.131. The summed E-state index contributed by atoms with van der Waals surface area (Å²) in [6, 6.07) is 8.05. The number of rotatable bonds is 2. The first-order valence-electron chi connectivity index (χ1n) is 5.90. The average Bonchev–Trinajstić information content (AvgIpc) is 2.68. The largest absolute Gasteiger partial charge is 0.461 e. The first-order chi connectivity index (χ1) is 8.19. The van der Waals surface area contributed by atoms with E-state index in [1.54, 1.807) is 0 Å². The molecule has 2 nitrogen and oxygen atoms in total. The first kappa shape index (κ1) is 11.0. The lowest BCUT2D eigenvalue weighted by atomic mass is 9.70. The maximum absolute atomic E-state index is 11.5. The van der Waals surface area contributed by atoms with E-state index in [1.165, 1.54) is 0 Å². The van der Waals surface area contributed by atoms with Gasteiger partial charge in [0.1, 0.15) is 17.1 Å². The van der Waals surface area contributed by atoms with E-state index in [9.17, 15) is 4.79 Å². The molecule has 0 spiro atoms. The zero-order chi connectivity index (χ0) is 12.0. The van der Waals surface area contributed by atoms with Gasteiger partial charge in [-0.2, -0.15) is 0 Å². The van der Waals surface area contributed by atoms with Crippen LogP contribution in [0.25, 0.3) is 11.0 Å². The van der Waals surface area contributed by atoms with Crippen molar-refractivity contribution in [3.63, 3.8) is 0 Å². The van der Waals surface area contributed by atoms with Crippen LogP contribution in [0, 0.1) is 5.92 Å². The third-order valence-corrected chi connectivity index (χ3v) is 4.12.